The summed E-state index contributed by atoms with van der Waals surface area (Å²) in [5.41, 5.74) is 8.94. The standard InChI is InChI=1S/C20H18N2O/c21-18-13-11-17(12-14-18)20(23)22(19-9-5-2-6-10-19)15-16-7-3-1-4-8-16/h1-14H,15,21H2. The second kappa shape index (κ2) is 6.79. The highest BCUT2D eigenvalue weighted by Gasteiger charge is 2.17. The molecule has 0 saturated carbocycles. The summed E-state index contributed by atoms with van der Waals surface area (Å²) >= 11 is 0. The van der Waals surface area contributed by atoms with Crippen LogP contribution in [0.2, 0.25) is 0 Å². The molecule has 0 aliphatic heterocycles. The van der Waals surface area contributed by atoms with Gasteiger partial charge in [0.05, 0.1) is 6.54 Å². The van der Waals surface area contributed by atoms with Gasteiger partial charge in [-0.25, -0.2) is 0 Å². The summed E-state index contributed by atoms with van der Waals surface area (Å²) in [6.45, 7) is 0.522. The zero-order valence-electron chi connectivity index (χ0n) is 12.7. The van der Waals surface area contributed by atoms with Crippen LogP contribution in [0.25, 0.3) is 0 Å². The number of carbonyl (C=O) groups is 1. The normalized spacial score (nSPS) is 10.3. The van der Waals surface area contributed by atoms with Gasteiger partial charge in [0.25, 0.3) is 5.91 Å². The molecule has 0 aromatic heterocycles. The summed E-state index contributed by atoms with van der Waals surface area (Å²) in [6, 6.07) is 26.7. The summed E-state index contributed by atoms with van der Waals surface area (Å²) < 4.78 is 0. The van der Waals surface area contributed by atoms with E-state index in [0.717, 1.165) is 11.3 Å². The van der Waals surface area contributed by atoms with Gasteiger partial charge in [0.2, 0.25) is 0 Å². The van der Waals surface area contributed by atoms with E-state index in [-0.39, 0.29) is 5.91 Å². The predicted octanol–water partition coefficient (Wildman–Crippen LogP) is 4.12. The fraction of sp³-hybridized carbons (Fsp3) is 0.0500. The van der Waals surface area contributed by atoms with Gasteiger partial charge in [-0.2, -0.15) is 0 Å². The number of para-hydroxylation sites is 1. The maximum atomic E-state index is 12.9. The second-order valence-corrected chi connectivity index (χ2v) is 5.33. The number of amides is 1. The van der Waals surface area contributed by atoms with E-state index in [2.05, 4.69) is 0 Å². The van der Waals surface area contributed by atoms with Crippen molar-refractivity contribution < 1.29 is 4.79 Å². The molecule has 0 spiro atoms. The van der Waals surface area contributed by atoms with Gasteiger partial charge < -0.3 is 10.6 Å². The maximum Gasteiger partial charge on any atom is 0.258 e. The van der Waals surface area contributed by atoms with Crippen molar-refractivity contribution in [3.63, 3.8) is 0 Å². The number of carbonyl (C=O) groups excluding carboxylic acids is 1. The van der Waals surface area contributed by atoms with Crippen LogP contribution in [0.15, 0.2) is 84.9 Å². The molecule has 0 heterocycles. The summed E-state index contributed by atoms with van der Waals surface area (Å²) in [6.07, 6.45) is 0. The first kappa shape index (κ1) is 14.9. The monoisotopic (exact) mass is 302 g/mol. The molecule has 1 amide bonds. The third-order valence-electron chi connectivity index (χ3n) is 3.65. The van der Waals surface area contributed by atoms with Gasteiger partial charge >= 0.3 is 0 Å². The van der Waals surface area contributed by atoms with Gasteiger partial charge in [0.1, 0.15) is 0 Å². The minimum absolute atomic E-state index is 0.0416. The van der Waals surface area contributed by atoms with E-state index in [4.69, 9.17) is 5.73 Å². The molecular weight excluding hydrogens is 284 g/mol. The quantitative estimate of drug-likeness (QED) is 0.737. The Balaban J connectivity index is 1.94. The average molecular weight is 302 g/mol. The first-order valence-electron chi connectivity index (χ1n) is 7.50. The van der Waals surface area contributed by atoms with Crippen molar-refractivity contribution in [1.82, 2.24) is 0 Å². The molecule has 0 radical (unpaired) electrons. The Bertz CT molecular complexity index is 768. The largest absolute Gasteiger partial charge is 0.399 e. The van der Waals surface area contributed by atoms with Crippen LogP contribution in [0.1, 0.15) is 15.9 Å². The van der Waals surface area contributed by atoms with Crippen LogP contribution in [-0.4, -0.2) is 5.91 Å². The van der Waals surface area contributed by atoms with Gasteiger partial charge in [-0.1, -0.05) is 48.5 Å². The SMILES string of the molecule is Nc1ccc(C(=O)N(Cc2ccccc2)c2ccccc2)cc1. The molecule has 3 heteroatoms. The van der Waals surface area contributed by atoms with Crippen LogP contribution >= 0.6 is 0 Å². The van der Waals surface area contributed by atoms with Crippen LogP contribution in [-0.2, 0) is 6.54 Å². The summed E-state index contributed by atoms with van der Waals surface area (Å²) in [4.78, 5) is 14.7. The maximum absolute atomic E-state index is 12.9. The minimum atomic E-state index is -0.0416. The van der Waals surface area contributed by atoms with E-state index in [9.17, 15) is 4.79 Å². The number of rotatable bonds is 4. The smallest absolute Gasteiger partial charge is 0.258 e. The van der Waals surface area contributed by atoms with E-state index in [1.165, 1.54) is 0 Å². The van der Waals surface area contributed by atoms with Crippen molar-refractivity contribution in [2.45, 2.75) is 6.54 Å². The number of nitrogens with zero attached hydrogens (tertiary/aromatic N) is 1. The molecule has 0 aliphatic carbocycles. The van der Waals surface area contributed by atoms with Crippen molar-refractivity contribution >= 4 is 17.3 Å². The summed E-state index contributed by atoms with van der Waals surface area (Å²) in [7, 11) is 0. The number of nitrogens with two attached hydrogens (primary N) is 1. The van der Waals surface area contributed by atoms with Crippen molar-refractivity contribution in [1.29, 1.82) is 0 Å². The highest BCUT2D eigenvalue weighted by Crippen LogP contribution is 2.20. The molecule has 3 nitrogen and oxygen atoms in total. The molecule has 0 atom stereocenters. The number of anilines is 2. The van der Waals surface area contributed by atoms with Crippen LogP contribution < -0.4 is 10.6 Å². The van der Waals surface area contributed by atoms with Crippen molar-refractivity contribution in [2.24, 2.45) is 0 Å². The molecule has 3 rings (SSSR count). The van der Waals surface area contributed by atoms with Crippen molar-refractivity contribution in [3.8, 4) is 0 Å². The summed E-state index contributed by atoms with van der Waals surface area (Å²) in [5.74, 6) is -0.0416. The number of benzene rings is 3. The highest BCUT2D eigenvalue weighted by molar-refractivity contribution is 6.06. The van der Waals surface area contributed by atoms with Crippen molar-refractivity contribution in [2.75, 3.05) is 10.6 Å². The van der Waals surface area contributed by atoms with E-state index in [1.54, 1.807) is 29.2 Å². The third kappa shape index (κ3) is 3.58. The molecule has 0 saturated heterocycles. The van der Waals surface area contributed by atoms with Crippen LogP contribution in [0.5, 0.6) is 0 Å². The number of hydrogen-bond donors (Lipinski definition) is 1. The number of hydrogen-bond acceptors (Lipinski definition) is 2. The van der Waals surface area contributed by atoms with E-state index in [1.807, 2.05) is 60.7 Å². The lowest BCUT2D eigenvalue weighted by Crippen LogP contribution is -2.30. The van der Waals surface area contributed by atoms with E-state index >= 15 is 0 Å². The van der Waals surface area contributed by atoms with Gasteiger partial charge in [0, 0.05) is 16.9 Å². The Morgan fingerprint density at radius 1 is 0.783 bits per heavy atom. The van der Waals surface area contributed by atoms with E-state index in [0.29, 0.717) is 17.8 Å². The lowest BCUT2D eigenvalue weighted by molar-refractivity contribution is 0.0985. The van der Waals surface area contributed by atoms with Crippen LogP contribution in [0, 0.1) is 0 Å². The van der Waals surface area contributed by atoms with E-state index < -0.39 is 0 Å². The summed E-state index contributed by atoms with van der Waals surface area (Å²) in [5, 5.41) is 0. The molecule has 0 unspecified atom stereocenters. The molecule has 3 aromatic rings. The van der Waals surface area contributed by atoms with Gasteiger partial charge in [-0.05, 0) is 42.0 Å². The zero-order chi connectivity index (χ0) is 16.1. The Kier molecular flexibility index (Phi) is 4.39. The third-order valence-corrected chi connectivity index (χ3v) is 3.65. The lowest BCUT2D eigenvalue weighted by Gasteiger charge is -2.23. The lowest BCUT2D eigenvalue weighted by atomic mass is 10.1. The second-order valence-electron chi connectivity index (χ2n) is 5.33. The molecular formula is C20H18N2O. The van der Waals surface area contributed by atoms with Gasteiger partial charge in [-0.3, -0.25) is 4.79 Å². The van der Waals surface area contributed by atoms with Crippen molar-refractivity contribution in [3.05, 3.63) is 96.1 Å². The molecule has 3 aromatic carbocycles. The zero-order valence-corrected chi connectivity index (χ0v) is 12.7. The molecule has 114 valence electrons. The average Bonchev–Trinajstić information content (AvgIpc) is 2.61. The first-order valence-corrected chi connectivity index (χ1v) is 7.50. The predicted molar refractivity (Wildman–Crippen MR) is 94.3 cm³/mol. The highest BCUT2D eigenvalue weighted by atomic mass is 16.2. The molecule has 23 heavy (non-hydrogen) atoms. The van der Waals surface area contributed by atoms with Crippen LogP contribution in [0.4, 0.5) is 11.4 Å². The first-order chi connectivity index (χ1) is 11.2. The Labute approximate surface area is 136 Å². The molecule has 0 fully saturated rings. The molecule has 0 bridgehead atoms. The fourth-order valence-corrected chi connectivity index (χ4v) is 2.44. The Hall–Kier alpha value is -3.07. The molecule has 2 N–H and O–H groups in total. The topological polar surface area (TPSA) is 46.3 Å². The molecule has 0 aliphatic rings. The van der Waals surface area contributed by atoms with Crippen LogP contribution in [0.3, 0.4) is 0 Å². The number of nitrogen functional groups attached to an aromatic ring is 1. The fourth-order valence-electron chi connectivity index (χ4n) is 2.44. The minimum Gasteiger partial charge on any atom is -0.399 e. The van der Waals surface area contributed by atoms with Gasteiger partial charge in [-0.15, -0.1) is 0 Å². The Morgan fingerprint density at radius 2 is 1.35 bits per heavy atom. The van der Waals surface area contributed by atoms with Gasteiger partial charge in [0.15, 0.2) is 0 Å². The Morgan fingerprint density at radius 3 is 1.96 bits per heavy atom.